The van der Waals surface area contributed by atoms with E-state index in [-0.39, 0.29) is 10.9 Å². The second-order valence-electron chi connectivity index (χ2n) is 5.80. The van der Waals surface area contributed by atoms with Crippen LogP contribution in [0.3, 0.4) is 0 Å². The molecular weight excluding hydrogens is 376 g/mol. The van der Waals surface area contributed by atoms with E-state index in [0.29, 0.717) is 12.2 Å². The van der Waals surface area contributed by atoms with Gasteiger partial charge in [0.15, 0.2) is 5.13 Å². The Morgan fingerprint density at radius 3 is 2.81 bits per heavy atom. The summed E-state index contributed by atoms with van der Waals surface area (Å²) in [4.78, 5) is 17.8. The summed E-state index contributed by atoms with van der Waals surface area (Å²) >= 11 is 1.55. The van der Waals surface area contributed by atoms with E-state index in [2.05, 4.69) is 24.7 Å². The van der Waals surface area contributed by atoms with Crippen LogP contribution in [-0.4, -0.2) is 45.7 Å². The molecule has 0 saturated carbocycles. The minimum atomic E-state index is -3.63. The fourth-order valence-corrected chi connectivity index (χ4v) is 4.65. The van der Waals surface area contributed by atoms with Crippen LogP contribution in [0.1, 0.15) is 12.8 Å². The number of nitrogens with zero attached hydrogens (tertiary/aromatic N) is 2. The van der Waals surface area contributed by atoms with E-state index in [9.17, 15) is 13.2 Å². The minimum absolute atomic E-state index is 0.0937. The number of amides is 1. The third-order valence-corrected chi connectivity index (χ3v) is 6.40. The number of carbonyl (C=O) groups excluding carboxylic acids is 1. The lowest BCUT2D eigenvalue weighted by molar-refractivity contribution is 0.187. The van der Waals surface area contributed by atoms with Crippen LogP contribution in [0.15, 0.2) is 40.7 Å². The first-order valence-corrected chi connectivity index (χ1v) is 10.5. The van der Waals surface area contributed by atoms with Gasteiger partial charge in [0, 0.05) is 36.4 Å². The molecule has 1 aliphatic heterocycles. The van der Waals surface area contributed by atoms with Crippen LogP contribution < -0.4 is 14.9 Å². The zero-order chi connectivity index (χ0) is 18.6. The van der Waals surface area contributed by atoms with Crippen LogP contribution in [0.5, 0.6) is 0 Å². The van der Waals surface area contributed by atoms with Gasteiger partial charge in [0.25, 0.3) is 0 Å². The normalized spacial score (nSPS) is 17.3. The molecule has 1 atom stereocenters. The average molecular weight is 396 g/mol. The topological polar surface area (TPSA) is 101 Å². The molecule has 1 aromatic heterocycles. The van der Waals surface area contributed by atoms with E-state index in [1.807, 2.05) is 5.38 Å². The maximum absolute atomic E-state index is 12.5. The SMILES string of the molecule is COC(=O)Nc1ccc(S(=O)(=O)NCC2CCCN2c2nccs2)cc1. The molecule has 1 unspecified atom stereocenters. The van der Waals surface area contributed by atoms with Crippen LogP contribution in [0.2, 0.25) is 0 Å². The van der Waals surface area contributed by atoms with Gasteiger partial charge in [-0.1, -0.05) is 0 Å². The Morgan fingerprint density at radius 1 is 1.38 bits per heavy atom. The summed E-state index contributed by atoms with van der Waals surface area (Å²) in [5.41, 5.74) is 0.460. The maximum atomic E-state index is 12.5. The van der Waals surface area contributed by atoms with Crippen molar-refractivity contribution in [2.75, 3.05) is 30.4 Å². The van der Waals surface area contributed by atoms with Crippen molar-refractivity contribution in [3.05, 3.63) is 35.8 Å². The zero-order valence-electron chi connectivity index (χ0n) is 14.2. The van der Waals surface area contributed by atoms with Crippen LogP contribution in [0.25, 0.3) is 0 Å². The third kappa shape index (κ3) is 4.32. The smallest absolute Gasteiger partial charge is 0.411 e. The van der Waals surface area contributed by atoms with Crippen molar-refractivity contribution in [1.82, 2.24) is 9.71 Å². The number of ether oxygens (including phenoxy) is 1. The molecule has 1 amide bonds. The van der Waals surface area contributed by atoms with E-state index < -0.39 is 16.1 Å². The Morgan fingerprint density at radius 2 is 2.15 bits per heavy atom. The Bertz CT molecular complexity index is 838. The molecule has 0 aliphatic carbocycles. The summed E-state index contributed by atoms with van der Waals surface area (Å²) in [6.07, 6.45) is 3.08. The van der Waals surface area contributed by atoms with Crippen LogP contribution in [0.4, 0.5) is 15.6 Å². The van der Waals surface area contributed by atoms with E-state index in [1.54, 1.807) is 17.5 Å². The highest BCUT2D eigenvalue weighted by Crippen LogP contribution is 2.27. The second-order valence-corrected chi connectivity index (χ2v) is 8.44. The number of carbonyl (C=O) groups is 1. The molecule has 0 bridgehead atoms. The van der Waals surface area contributed by atoms with Gasteiger partial charge in [-0.2, -0.15) is 0 Å². The number of anilines is 2. The molecule has 3 rings (SSSR count). The van der Waals surface area contributed by atoms with Gasteiger partial charge in [-0.15, -0.1) is 11.3 Å². The number of aromatic nitrogens is 1. The van der Waals surface area contributed by atoms with Gasteiger partial charge in [0.1, 0.15) is 0 Å². The van der Waals surface area contributed by atoms with Crippen LogP contribution in [-0.2, 0) is 14.8 Å². The first-order chi connectivity index (χ1) is 12.5. The fraction of sp³-hybridized carbons (Fsp3) is 0.375. The van der Waals surface area contributed by atoms with E-state index in [0.717, 1.165) is 24.5 Å². The summed E-state index contributed by atoms with van der Waals surface area (Å²) in [5.74, 6) is 0. The summed E-state index contributed by atoms with van der Waals surface area (Å²) in [7, 11) is -2.37. The lowest BCUT2D eigenvalue weighted by Gasteiger charge is -2.24. The number of thiazole rings is 1. The number of benzene rings is 1. The molecule has 2 heterocycles. The molecule has 1 fully saturated rings. The third-order valence-electron chi connectivity index (χ3n) is 4.15. The molecule has 26 heavy (non-hydrogen) atoms. The number of hydrogen-bond donors (Lipinski definition) is 2. The van der Waals surface area contributed by atoms with Crippen LogP contribution in [0, 0.1) is 0 Å². The van der Waals surface area contributed by atoms with Crippen molar-refractivity contribution in [2.24, 2.45) is 0 Å². The summed E-state index contributed by atoms with van der Waals surface area (Å²) in [6.45, 7) is 1.21. The largest absolute Gasteiger partial charge is 0.453 e. The fourth-order valence-electron chi connectivity index (χ4n) is 2.83. The Balaban J connectivity index is 1.62. The molecule has 8 nitrogen and oxygen atoms in total. The van der Waals surface area contributed by atoms with Gasteiger partial charge >= 0.3 is 6.09 Å². The first kappa shape index (κ1) is 18.6. The highest BCUT2D eigenvalue weighted by Gasteiger charge is 2.27. The quantitative estimate of drug-likeness (QED) is 0.777. The monoisotopic (exact) mass is 396 g/mol. The number of nitrogens with one attached hydrogen (secondary N) is 2. The molecule has 0 spiro atoms. The average Bonchev–Trinajstić information content (AvgIpc) is 3.31. The van der Waals surface area contributed by atoms with Gasteiger partial charge < -0.3 is 9.64 Å². The zero-order valence-corrected chi connectivity index (χ0v) is 15.8. The first-order valence-electron chi connectivity index (χ1n) is 8.10. The van der Waals surface area contributed by atoms with E-state index in [4.69, 9.17) is 0 Å². The Labute approximate surface area is 156 Å². The second kappa shape index (κ2) is 8.02. The maximum Gasteiger partial charge on any atom is 0.411 e. The van der Waals surface area contributed by atoms with Crippen molar-refractivity contribution in [2.45, 2.75) is 23.8 Å². The number of methoxy groups -OCH3 is 1. The van der Waals surface area contributed by atoms with E-state index >= 15 is 0 Å². The number of rotatable bonds is 6. The molecule has 1 aromatic carbocycles. The molecule has 1 saturated heterocycles. The van der Waals surface area contributed by atoms with Gasteiger partial charge in [-0.05, 0) is 37.1 Å². The van der Waals surface area contributed by atoms with Crippen molar-refractivity contribution < 1.29 is 17.9 Å². The van der Waals surface area contributed by atoms with Crippen molar-refractivity contribution in [1.29, 1.82) is 0 Å². The Hall–Kier alpha value is -2.17. The predicted molar refractivity (Wildman–Crippen MR) is 100 cm³/mol. The lowest BCUT2D eigenvalue weighted by atomic mass is 10.2. The summed E-state index contributed by atoms with van der Waals surface area (Å²) in [5, 5.41) is 5.32. The molecule has 2 aromatic rings. The van der Waals surface area contributed by atoms with Crippen molar-refractivity contribution >= 4 is 38.3 Å². The van der Waals surface area contributed by atoms with Crippen LogP contribution >= 0.6 is 11.3 Å². The minimum Gasteiger partial charge on any atom is -0.453 e. The summed E-state index contributed by atoms with van der Waals surface area (Å²) < 4.78 is 32.2. The van der Waals surface area contributed by atoms with Gasteiger partial charge in [0.2, 0.25) is 10.0 Å². The molecule has 10 heteroatoms. The standard InChI is InChI=1S/C16H20N4O4S2/c1-24-16(21)19-12-4-6-14(7-5-12)26(22,23)18-11-13-3-2-9-20(13)15-17-8-10-25-15/h4-8,10,13,18H,2-3,9,11H2,1H3,(H,19,21). The molecule has 140 valence electrons. The molecule has 0 radical (unpaired) electrons. The van der Waals surface area contributed by atoms with Crippen molar-refractivity contribution in [3.63, 3.8) is 0 Å². The van der Waals surface area contributed by atoms with Gasteiger partial charge in [0.05, 0.1) is 12.0 Å². The predicted octanol–water partition coefficient (Wildman–Crippen LogP) is 2.27. The van der Waals surface area contributed by atoms with Gasteiger partial charge in [-0.25, -0.2) is 22.9 Å². The summed E-state index contributed by atoms with van der Waals surface area (Å²) in [6, 6.07) is 6.02. The van der Waals surface area contributed by atoms with Gasteiger partial charge in [-0.3, -0.25) is 5.32 Å². The lowest BCUT2D eigenvalue weighted by Crippen LogP contribution is -2.40. The van der Waals surface area contributed by atoms with E-state index in [1.165, 1.54) is 31.4 Å². The highest BCUT2D eigenvalue weighted by molar-refractivity contribution is 7.89. The number of hydrogen-bond acceptors (Lipinski definition) is 7. The number of sulfonamides is 1. The molecule has 2 N–H and O–H groups in total. The van der Waals surface area contributed by atoms with Crippen molar-refractivity contribution in [3.8, 4) is 0 Å². The molecular formula is C16H20N4O4S2. The highest BCUT2D eigenvalue weighted by atomic mass is 32.2. The molecule has 1 aliphatic rings. The Kier molecular flexibility index (Phi) is 5.74.